The van der Waals surface area contributed by atoms with Gasteiger partial charge in [-0.2, -0.15) is 5.10 Å². The van der Waals surface area contributed by atoms with E-state index >= 15 is 0 Å². The number of hydrogen-bond donors (Lipinski definition) is 0. The maximum Gasteiger partial charge on any atom is 0.101 e. The lowest BCUT2D eigenvalue weighted by molar-refractivity contribution is 0.768. The van der Waals surface area contributed by atoms with Gasteiger partial charge in [0.2, 0.25) is 0 Å². The van der Waals surface area contributed by atoms with Crippen LogP contribution >= 0.6 is 0 Å². The summed E-state index contributed by atoms with van der Waals surface area (Å²) in [4.78, 5) is 2.61. The first-order chi connectivity index (χ1) is 40.7. The van der Waals surface area contributed by atoms with E-state index in [0.717, 1.165) is 67.0 Å². The zero-order valence-electron chi connectivity index (χ0n) is 44.8. The Morgan fingerprint density at radius 3 is 1.33 bits per heavy atom. The Kier molecular flexibility index (Phi) is 10.1. The Labute approximate surface area is 477 Å². The van der Waals surface area contributed by atoms with Crippen LogP contribution in [0, 0.1) is 0 Å². The summed E-state index contributed by atoms with van der Waals surface area (Å²) in [5.74, 6) is 0. The highest BCUT2D eigenvalue weighted by molar-refractivity contribution is 6.14. The Balaban J connectivity index is 1.02. The lowest BCUT2D eigenvalue weighted by Gasteiger charge is -2.35. The topological polar surface area (TPSA) is 20.5 Å². The molecule has 3 nitrogen and oxygen atoms in total. The van der Waals surface area contributed by atoms with Crippen molar-refractivity contribution < 1.29 is 0 Å². The van der Waals surface area contributed by atoms with Crippen molar-refractivity contribution in [3.8, 4) is 67.0 Å². The Bertz CT molecular complexity index is 4750. The van der Waals surface area contributed by atoms with Crippen molar-refractivity contribution in [1.82, 2.24) is 9.61 Å². The van der Waals surface area contributed by atoms with Gasteiger partial charge in [-0.25, -0.2) is 4.52 Å². The molecule has 0 saturated heterocycles. The second-order valence-corrected chi connectivity index (χ2v) is 22.0. The summed E-state index contributed by atoms with van der Waals surface area (Å²) in [6, 6.07) is 115. The zero-order valence-corrected chi connectivity index (χ0v) is 44.8. The normalized spacial score (nSPS) is 13.6. The maximum absolute atomic E-state index is 5.66. The van der Waals surface area contributed by atoms with Gasteiger partial charge in [0.05, 0.1) is 33.4 Å². The molecule has 0 amide bonds. The SMILES string of the molecule is c1ccc(-c2nn3c(-c4ccccc4)cc4c(N(c5ccc6c(c5)C5(c7ccccc7-c7ccccc75)c5ccccc5-6)c5cccc6c5-c5ccccc5C6(c5ccccc5)c5ccccc5)cccc4c3c2-c2ccccc2)cc1. The largest absolute Gasteiger partial charge is 0.309 e. The molecule has 82 heavy (non-hydrogen) atoms. The van der Waals surface area contributed by atoms with Crippen molar-refractivity contribution in [2.24, 2.45) is 0 Å². The molecule has 3 aliphatic carbocycles. The molecule has 0 aliphatic heterocycles. The van der Waals surface area contributed by atoms with E-state index in [1.165, 1.54) is 77.9 Å². The van der Waals surface area contributed by atoms with Gasteiger partial charge < -0.3 is 4.90 Å². The Morgan fingerprint density at radius 1 is 0.293 bits per heavy atom. The van der Waals surface area contributed by atoms with Gasteiger partial charge >= 0.3 is 0 Å². The van der Waals surface area contributed by atoms with Crippen LogP contribution in [0.2, 0.25) is 0 Å². The molecule has 0 radical (unpaired) electrons. The number of pyridine rings is 1. The molecular formula is C79H51N3. The minimum absolute atomic E-state index is 0.552. The van der Waals surface area contributed by atoms with Gasteiger partial charge in [-0.15, -0.1) is 0 Å². The fraction of sp³-hybridized carbons (Fsp3) is 0.0253. The summed E-state index contributed by atoms with van der Waals surface area (Å²) in [5, 5.41) is 7.88. The average molecular weight is 1040 g/mol. The van der Waals surface area contributed by atoms with E-state index in [0.29, 0.717) is 0 Å². The third-order valence-corrected chi connectivity index (χ3v) is 18.1. The van der Waals surface area contributed by atoms with Gasteiger partial charge in [0.25, 0.3) is 0 Å². The van der Waals surface area contributed by atoms with Crippen LogP contribution in [0.1, 0.15) is 44.5 Å². The van der Waals surface area contributed by atoms with Crippen molar-refractivity contribution in [1.29, 1.82) is 0 Å². The van der Waals surface area contributed by atoms with Crippen molar-refractivity contribution in [3.05, 3.63) is 354 Å². The number of hydrogen-bond acceptors (Lipinski definition) is 2. The van der Waals surface area contributed by atoms with Crippen molar-refractivity contribution in [2.45, 2.75) is 10.8 Å². The first-order valence-electron chi connectivity index (χ1n) is 28.5. The average Bonchev–Trinajstić information content (AvgIpc) is 2.38. The number of benzene rings is 12. The summed E-state index contributed by atoms with van der Waals surface area (Å²) in [6.07, 6.45) is 0. The van der Waals surface area contributed by atoms with Crippen LogP contribution < -0.4 is 4.90 Å². The molecular weight excluding hydrogens is 991 g/mol. The fourth-order valence-electron chi connectivity index (χ4n) is 14.9. The highest BCUT2D eigenvalue weighted by Crippen LogP contribution is 2.65. The van der Waals surface area contributed by atoms with Crippen LogP contribution in [-0.2, 0) is 10.8 Å². The molecule has 1 spiro atoms. The molecule has 3 heteroatoms. The summed E-state index contributed by atoms with van der Waals surface area (Å²) < 4.78 is 2.21. The predicted molar refractivity (Wildman–Crippen MR) is 337 cm³/mol. The van der Waals surface area contributed by atoms with Crippen molar-refractivity contribution in [2.75, 3.05) is 4.90 Å². The maximum atomic E-state index is 5.66. The lowest BCUT2D eigenvalue weighted by Crippen LogP contribution is -2.28. The zero-order chi connectivity index (χ0) is 53.9. The van der Waals surface area contributed by atoms with E-state index in [1.54, 1.807) is 0 Å². The van der Waals surface area contributed by atoms with E-state index in [1.807, 2.05) is 0 Å². The van der Waals surface area contributed by atoms with Crippen LogP contribution in [0.3, 0.4) is 0 Å². The Hall–Kier alpha value is -10.6. The van der Waals surface area contributed by atoms with Gasteiger partial charge in [0, 0.05) is 38.7 Å². The molecule has 2 heterocycles. The van der Waals surface area contributed by atoms with Gasteiger partial charge in [0.15, 0.2) is 0 Å². The number of fused-ring (bicyclic) bond motifs is 16. The molecule has 0 atom stereocenters. The van der Waals surface area contributed by atoms with Crippen molar-refractivity contribution >= 4 is 33.4 Å². The number of aromatic nitrogens is 2. The minimum atomic E-state index is -0.613. The van der Waals surface area contributed by atoms with E-state index in [4.69, 9.17) is 5.10 Å². The van der Waals surface area contributed by atoms with Crippen LogP contribution in [0.4, 0.5) is 17.1 Å². The minimum Gasteiger partial charge on any atom is -0.309 e. The highest BCUT2D eigenvalue weighted by Gasteiger charge is 2.52. The monoisotopic (exact) mass is 1040 g/mol. The second-order valence-electron chi connectivity index (χ2n) is 22.0. The second kappa shape index (κ2) is 18.0. The third kappa shape index (κ3) is 6.33. The number of rotatable bonds is 8. The molecule has 0 unspecified atom stereocenters. The molecule has 0 saturated carbocycles. The highest BCUT2D eigenvalue weighted by atomic mass is 15.2. The van der Waals surface area contributed by atoms with E-state index in [-0.39, 0.29) is 0 Å². The molecule has 382 valence electrons. The summed E-state index contributed by atoms with van der Waals surface area (Å²) in [5.41, 5.74) is 27.2. The van der Waals surface area contributed by atoms with Crippen LogP contribution in [0.5, 0.6) is 0 Å². The van der Waals surface area contributed by atoms with E-state index < -0.39 is 10.8 Å². The van der Waals surface area contributed by atoms with Crippen molar-refractivity contribution in [3.63, 3.8) is 0 Å². The smallest absolute Gasteiger partial charge is 0.101 e. The molecule has 2 aromatic heterocycles. The predicted octanol–water partition coefficient (Wildman–Crippen LogP) is 19.7. The molecule has 0 N–H and O–H groups in total. The molecule has 0 fully saturated rings. The lowest BCUT2D eigenvalue weighted by atomic mass is 9.68. The van der Waals surface area contributed by atoms with Crippen LogP contribution in [0.25, 0.3) is 83.3 Å². The first-order valence-corrected chi connectivity index (χ1v) is 28.5. The van der Waals surface area contributed by atoms with Gasteiger partial charge in [0.1, 0.15) is 5.69 Å². The molecule has 0 bridgehead atoms. The standard InChI is InChI=1S/C79H51N3/c1-6-26-52(27-7-1)73-51-64-62(77-74(53-28-8-2-9-29-53)76(80-82(73)77)54-30-10-3-11-31-54)40-24-46-71(64)81(72-47-25-45-69-75(72)63-39-19-23-44-68(63)78(69,55-32-12-4-13-33-55)56-34-14-5-15-35-56)57-48-49-61-60-38-18-22-43-67(60)79(70(61)50-57)65-41-20-16-36-58(65)59-37-17-21-42-66(59)79/h1-51H. The van der Waals surface area contributed by atoms with Gasteiger partial charge in [-0.3, -0.25) is 0 Å². The number of anilines is 3. The van der Waals surface area contributed by atoms with Crippen LogP contribution in [-0.4, -0.2) is 9.61 Å². The molecule has 3 aliphatic rings. The van der Waals surface area contributed by atoms with E-state index in [2.05, 4.69) is 319 Å². The summed E-state index contributed by atoms with van der Waals surface area (Å²) >= 11 is 0. The molecule has 12 aromatic carbocycles. The van der Waals surface area contributed by atoms with Crippen LogP contribution in [0.15, 0.2) is 309 Å². The quantitative estimate of drug-likeness (QED) is 0.151. The number of nitrogens with zero attached hydrogens (tertiary/aromatic N) is 3. The summed E-state index contributed by atoms with van der Waals surface area (Å²) in [6.45, 7) is 0. The molecule has 17 rings (SSSR count). The fourth-order valence-corrected chi connectivity index (χ4v) is 14.9. The third-order valence-electron chi connectivity index (χ3n) is 18.1. The van der Waals surface area contributed by atoms with Gasteiger partial charge in [-0.1, -0.05) is 279 Å². The molecule has 14 aromatic rings. The first kappa shape index (κ1) is 46.3. The Morgan fingerprint density at radius 2 is 0.744 bits per heavy atom. The summed E-state index contributed by atoms with van der Waals surface area (Å²) in [7, 11) is 0. The van der Waals surface area contributed by atoms with E-state index in [9.17, 15) is 0 Å². The van der Waals surface area contributed by atoms with Gasteiger partial charge in [-0.05, 0) is 108 Å².